The molecule has 5 heteroatoms. The maximum Gasteiger partial charge on any atom is 0.142 e. The highest BCUT2D eigenvalue weighted by Crippen LogP contribution is 2.25. The van der Waals surface area contributed by atoms with Crippen LogP contribution in [-0.4, -0.2) is 28.7 Å². The Labute approximate surface area is 123 Å². The van der Waals surface area contributed by atoms with Gasteiger partial charge in [0, 0.05) is 17.7 Å². The normalized spacial score (nSPS) is 11.2. The minimum atomic E-state index is -0.413. The van der Waals surface area contributed by atoms with Crippen molar-refractivity contribution in [2.45, 2.75) is 26.3 Å². The van der Waals surface area contributed by atoms with E-state index in [0.717, 1.165) is 29.9 Å². The van der Waals surface area contributed by atoms with E-state index >= 15 is 0 Å². The van der Waals surface area contributed by atoms with Crippen molar-refractivity contribution in [1.29, 1.82) is 0 Å². The van der Waals surface area contributed by atoms with Crippen LogP contribution in [0.1, 0.15) is 25.3 Å². The molecule has 0 saturated carbocycles. The van der Waals surface area contributed by atoms with Crippen LogP contribution < -0.4 is 0 Å². The van der Waals surface area contributed by atoms with Crippen molar-refractivity contribution in [3.8, 4) is 11.3 Å². The highest BCUT2D eigenvalue weighted by Gasteiger charge is 2.11. The highest BCUT2D eigenvalue weighted by molar-refractivity contribution is 6.30. The van der Waals surface area contributed by atoms with E-state index in [0.29, 0.717) is 0 Å². The van der Waals surface area contributed by atoms with Gasteiger partial charge in [-0.25, -0.2) is 4.39 Å². The molecule has 0 aliphatic carbocycles. The van der Waals surface area contributed by atoms with E-state index in [2.05, 4.69) is 29.1 Å². The molecule has 0 spiro atoms. The van der Waals surface area contributed by atoms with Gasteiger partial charge in [-0.3, -0.25) is 5.10 Å². The number of hydrogen-bond acceptors (Lipinski definition) is 2. The zero-order valence-electron chi connectivity index (χ0n) is 11.8. The third kappa shape index (κ3) is 3.58. The van der Waals surface area contributed by atoms with Crippen LogP contribution in [-0.2, 0) is 6.54 Å². The summed E-state index contributed by atoms with van der Waals surface area (Å²) in [5.74, 6) is -0.413. The lowest BCUT2D eigenvalue weighted by atomic mass is 10.1. The predicted molar refractivity (Wildman–Crippen MR) is 80.2 cm³/mol. The first kappa shape index (κ1) is 15.0. The van der Waals surface area contributed by atoms with Gasteiger partial charge in [0.1, 0.15) is 5.82 Å². The number of halogens is 2. The molecule has 3 nitrogen and oxygen atoms in total. The largest absolute Gasteiger partial charge is 0.302 e. The van der Waals surface area contributed by atoms with Gasteiger partial charge in [0.2, 0.25) is 0 Å². The van der Waals surface area contributed by atoms with Crippen LogP contribution in [0.5, 0.6) is 0 Å². The number of H-pyrrole nitrogens is 1. The van der Waals surface area contributed by atoms with Gasteiger partial charge in [-0.2, -0.15) is 5.10 Å². The molecule has 1 aromatic heterocycles. The van der Waals surface area contributed by atoms with Crippen LogP contribution >= 0.6 is 11.6 Å². The van der Waals surface area contributed by atoms with E-state index in [1.165, 1.54) is 18.9 Å². The van der Waals surface area contributed by atoms with Gasteiger partial charge in [0.05, 0.1) is 16.9 Å². The molecule has 0 bridgehead atoms. The molecule has 2 aromatic rings. The number of rotatable bonds is 6. The fourth-order valence-electron chi connectivity index (χ4n) is 2.13. The average molecular weight is 296 g/mol. The van der Waals surface area contributed by atoms with Crippen molar-refractivity contribution < 1.29 is 4.39 Å². The summed E-state index contributed by atoms with van der Waals surface area (Å²) >= 11 is 5.71. The Morgan fingerprint density at radius 2 is 2.20 bits per heavy atom. The molecule has 108 valence electrons. The van der Waals surface area contributed by atoms with Crippen LogP contribution in [0.15, 0.2) is 24.4 Å². The fourth-order valence-corrected chi connectivity index (χ4v) is 2.25. The Bertz CT molecular complexity index is 568. The molecule has 20 heavy (non-hydrogen) atoms. The van der Waals surface area contributed by atoms with Gasteiger partial charge >= 0.3 is 0 Å². The fraction of sp³-hybridized carbons (Fsp3) is 0.400. The summed E-state index contributed by atoms with van der Waals surface area (Å²) in [5, 5.41) is 7.15. The van der Waals surface area contributed by atoms with Crippen LogP contribution in [0.2, 0.25) is 5.02 Å². The topological polar surface area (TPSA) is 31.9 Å². The Balaban J connectivity index is 2.17. The number of nitrogens with zero attached hydrogens (tertiary/aromatic N) is 2. The van der Waals surface area contributed by atoms with E-state index in [1.54, 1.807) is 18.3 Å². The number of unbranched alkanes of at least 4 members (excludes halogenated alkanes) is 1. The van der Waals surface area contributed by atoms with Gasteiger partial charge in [0.25, 0.3) is 0 Å². The first-order valence-electron chi connectivity index (χ1n) is 6.78. The van der Waals surface area contributed by atoms with Gasteiger partial charge in [-0.05, 0) is 32.1 Å². The molecule has 0 amide bonds. The second kappa shape index (κ2) is 6.86. The van der Waals surface area contributed by atoms with Crippen LogP contribution in [0.3, 0.4) is 0 Å². The summed E-state index contributed by atoms with van der Waals surface area (Å²) in [6.07, 6.45) is 4.13. The molecule has 0 saturated heterocycles. The Morgan fingerprint density at radius 3 is 2.90 bits per heavy atom. The molecule has 0 atom stereocenters. The second-order valence-corrected chi connectivity index (χ2v) is 5.40. The van der Waals surface area contributed by atoms with Crippen molar-refractivity contribution in [3.63, 3.8) is 0 Å². The quantitative estimate of drug-likeness (QED) is 0.870. The van der Waals surface area contributed by atoms with Gasteiger partial charge in [-0.1, -0.05) is 31.0 Å². The summed E-state index contributed by atoms with van der Waals surface area (Å²) in [4.78, 5) is 2.24. The third-order valence-corrected chi connectivity index (χ3v) is 3.57. The van der Waals surface area contributed by atoms with E-state index < -0.39 is 5.82 Å². The SMILES string of the molecule is CCCCN(C)Cc1cn[nH]c1-c1ccc(Cl)c(F)c1. The Hall–Kier alpha value is -1.39. The van der Waals surface area contributed by atoms with Crippen molar-refractivity contribution in [1.82, 2.24) is 15.1 Å². The molecule has 0 aliphatic heterocycles. The van der Waals surface area contributed by atoms with Crippen molar-refractivity contribution in [2.24, 2.45) is 0 Å². The minimum Gasteiger partial charge on any atom is -0.302 e. The second-order valence-electron chi connectivity index (χ2n) is 4.99. The summed E-state index contributed by atoms with van der Waals surface area (Å²) in [5.41, 5.74) is 2.68. The first-order valence-corrected chi connectivity index (χ1v) is 7.15. The lowest BCUT2D eigenvalue weighted by Gasteiger charge is -2.16. The summed E-state index contributed by atoms with van der Waals surface area (Å²) < 4.78 is 13.6. The number of aromatic nitrogens is 2. The number of benzene rings is 1. The average Bonchev–Trinajstić information content (AvgIpc) is 2.87. The smallest absolute Gasteiger partial charge is 0.142 e. The van der Waals surface area contributed by atoms with Gasteiger partial charge < -0.3 is 4.90 Å². The monoisotopic (exact) mass is 295 g/mol. The molecule has 1 aromatic carbocycles. The van der Waals surface area contributed by atoms with E-state index in [9.17, 15) is 4.39 Å². The van der Waals surface area contributed by atoms with Crippen LogP contribution in [0, 0.1) is 5.82 Å². The van der Waals surface area contributed by atoms with Gasteiger partial charge in [-0.15, -0.1) is 0 Å². The first-order chi connectivity index (χ1) is 9.61. The van der Waals surface area contributed by atoms with E-state index in [4.69, 9.17) is 11.6 Å². The standard InChI is InChI=1S/C15H19ClFN3/c1-3-4-7-20(2)10-12-9-18-19-15(12)11-5-6-13(16)14(17)8-11/h5-6,8-9H,3-4,7,10H2,1-2H3,(H,18,19). The van der Waals surface area contributed by atoms with E-state index in [1.807, 2.05) is 0 Å². The minimum absolute atomic E-state index is 0.134. The molecule has 2 rings (SSSR count). The number of hydrogen-bond donors (Lipinski definition) is 1. The predicted octanol–water partition coefficient (Wildman–Crippen LogP) is 4.10. The van der Waals surface area contributed by atoms with Crippen LogP contribution in [0.4, 0.5) is 4.39 Å². The van der Waals surface area contributed by atoms with Crippen molar-refractivity contribution >= 4 is 11.6 Å². The molecule has 0 radical (unpaired) electrons. The lowest BCUT2D eigenvalue weighted by Crippen LogP contribution is -2.19. The number of nitrogens with one attached hydrogen (secondary N) is 1. The molecule has 0 unspecified atom stereocenters. The number of aromatic amines is 1. The summed E-state index contributed by atoms with van der Waals surface area (Å²) in [6.45, 7) is 4.00. The molecule has 1 N–H and O–H groups in total. The maximum atomic E-state index is 13.6. The molecule has 1 heterocycles. The summed E-state index contributed by atoms with van der Waals surface area (Å²) in [7, 11) is 2.08. The third-order valence-electron chi connectivity index (χ3n) is 3.26. The molecular formula is C15H19ClFN3. The summed E-state index contributed by atoms with van der Waals surface area (Å²) in [6, 6.07) is 4.80. The zero-order chi connectivity index (χ0) is 14.5. The van der Waals surface area contributed by atoms with Gasteiger partial charge in [0.15, 0.2) is 0 Å². The van der Waals surface area contributed by atoms with Crippen molar-refractivity contribution in [3.05, 3.63) is 40.8 Å². The van der Waals surface area contributed by atoms with E-state index in [-0.39, 0.29) is 5.02 Å². The Morgan fingerprint density at radius 1 is 1.40 bits per heavy atom. The molecule has 0 fully saturated rings. The highest BCUT2D eigenvalue weighted by atomic mass is 35.5. The molecular weight excluding hydrogens is 277 g/mol. The van der Waals surface area contributed by atoms with Crippen molar-refractivity contribution in [2.75, 3.05) is 13.6 Å². The maximum absolute atomic E-state index is 13.6. The molecule has 0 aliphatic rings. The van der Waals surface area contributed by atoms with Crippen LogP contribution in [0.25, 0.3) is 11.3 Å². The lowest BCUT2D eigenvalue weighted by molar-refractivity contribution is 0.321. The zero-order valence-corrected chi connectivity index (χ0v) is 12.5. The Kier molecular flexibility index (Phi) is 5.15.